The van der Waals surface area contributed by atoms with Crippen LogP contribution in [0.5, 0.6) is 17.2 Å². The first kappa shape index (κ1) is 14.4. The minimum absolute atomic E-state index is 0.377. The third-order valence-corrected chi connectivity index (χ3v) is 2.88. The van der Waals surface area contributed by atoms with E-state index in [1.807, 2.05) is 13.0 Å². The van der Waals surface area contributed by atoms with Crippen LogP contribution in [0.15, 0.2) is 24.3 Å². The Labute approximate surface area is 123 Å². The molecule has 0 fully saturated rings. The number of hydrogen-bond donors (Lipinski definition) is 0. The summed E-state index contributed by atoms with van der Waals surface area (Å²) in [5.74, 6) is 1.37. The van der Waals surface area contributed by atoms with Crippen molar-refractivity contribution in [3.8, 4) is 29.4 Å². The number of aromatic nitrogens is 1. The SMILES string of the molecule is COc1cc(C#N)cc(Oc2cc(C)nc(C)c2C#N)c1. The molecule has 2 aromatic rings. The van der Waals surface area contributed by atoms with Crippen LogP contribution in [0.4, 0.5) is 0 Å². The Morgan fingerprint density at radius 3 is 2.33 bits per heavy atom. The van der Waals surface area contributed by atoms with Crippen molar-refractivity contribution in [1.29, 1.82) is 10.5 Å². The van der Waals surface area contributed by atoms with E-state index in [-0.39, 0.29) is 0 Å². The molecule has 0 N–H and O–H groups in total. The summed E-state index contributed by atoms with van der Waals surface area (Å²) in [6, 6.07) is 10.7. The van der Waals surface area contributed by atoms with Gasteiger partial charge in [0.05, 0.1) is 24.4 Å². The van der Waals surface area contributed by atoms with Crippen LogP contribution in [0.1, 0.15) is 22.5 Å². The monoisotopic (exact) mass is 279 g/mol. The lowest BCUT2D eigenvalue weighted by atomic mass is 10.1. The van der Waals surface area contributed by atoms with E-state index in [9.17, 15) is 5.26 Å². The molecule has 1 aromatic carbocycles. The Morgan fingerprint density at radius 1 is 1.00 bits per heavy atom. The van der Waals surface area contributed by atoms with E-state index in [4.69, 9.17) is 14.7 Å². The molecule has 0 amide bonds. The maximum absolute atomic E-state index is 9.22. The molecule has 104 valence electrons. The number of methoxy groups -OCH3 is 1. The molecule has 0 bridgehead atoms. The Bertz CT molecular complexity index is 770. The Hall–Kier alpha value is -3.05. The summed E-state index contributed by atoms with van der Waals surface area (Å²) in [4.78, 5) is 4.23. The molecule has 0 saturated carbocycles. The quantitative estimate of drug-likeness (QED) is 0.861. The van der Waals surface area contributed by atoms with Gasteiger partial charge in [0.25, 0.3) is 0 Å². The molecule has 5 nitrogen and oxygen atoms in total. The minimum Gasteiger partial charge on any atom is -0.497 e. The summed E-state index contributed by atoms with van der Waals surface area (Å²) in [6.45, 7) is 3.58. The highest BCUT2D eigenvalue weighted by Gasteiger charge is 2.11. The summed E-state index contributed by atoms with van der Waals surface area (Å²) >= 11 is 0. The van der Waals surface area contributed by atoms with Crippen molar-refractivity contribution in [3.63, 3.8) is 0 Å². The Kier molecular flexibility index (Phi) is 4.06. The van der Waals surface area contributed by atoms with Gasteiger partial charge >= 0.3 is 0 Å². The zero-order valence-electron chi connectivity index (χ0n) is 12.0. The summed E-state index contributed by atoms with van der Waals surface area (Å²) in [5.41, 5.74) is 2.16. The van der Waals surface area contributed by atoms with Crippen LogP contribution in [0.2, 0.25) is 0 Å². The molecular formula is C16H13N3O2. The van der Waals surface area contributed by atoms with Gasteiger partial charge in [-0.1, -0.05) is 0 Å². The van der Waals surface area contributed by atoms with Crippen molar-refractivity contribution in [2.45, 2.75) is 13.8 Å². The largest absolute Gasteiger partial charge is 0.497 e. The van der Waals surface area contributed by atoms with Crippen molar-refractivity contribution in [1.82, 2.24) is 4.98 Å². The normalized spacial score (nSPS) is 9.57. The summed E-state index contributed by atoms with van der Waals surface area (Å²) in [5, 5.41) is 18.2. The summed E-state index contributed by atoms with van der Waals surface area (Å²) in [7, 11) is 1.52. The third-order valence-electron chi connectivity index (χ3n) is 2.88. The molecule has 0 unspecified atom stereocenters. The first-order chi connectivity index (χ1) is 10.1. The van der Waals surface area contributed by atoms with Crippen LogP contribution in [0.3, 0.4) is 0 Å². The second-order valence-electron chi connectivity index (χ2n) is 4.45. The fourth-order valence-electron chi connectivity index (χ4n) is 1.95. The van der Waals surface area contributed by atoms with Gasteiger partial charge in [-0.3, -0.25) is 4.98 Å². The number of hydrogen-bond acceptors (Lipinski definition) is 5. The molecule has 0 atom stereocenters. The van der Waals surface area contributed by atoms with Crippen LogP contribution < -0.4 is 9.47 Å². The molecule has 0 radical (unpaired) electrons. The highest BCUT2D eigenvalue weighted by Crippen LogP contribution is 2.30. The Balaban J connectivity index is 2.48. The standard InChI is InChI=1S/C16H13N3O2/c1-10-4-16(15(9-18)11(2)19-10)21-14-6-12(8-17)5-13(7-14)20-3/h4-7H,1-3H3. The van der Waals surface area contributed by atoms with Gasteiger partial charge < -0.3 is 9.47 Å². The predicted molar refractivity (Wildman–Crippen MR) is 76.2 cm³/mol. The van der Waals surface area contributed by atoms with Crippen LogP contribution in [0, 0.1) is 36.5 Å². The third kappa shape index (κ3) is 3.10. The minimum atomic E-state index is 0.377. The van der Waals surface area contributed by atoms with E-state index in [0.29, 0.717) is 34.1 Å². The van der Waals surface area contributed by atoms with Crippen LogP contribution >= 0.6 is 0 Å². The molecule has 5 heteroatoms. The van der Waals surface area contributed by atoms with E-state index >= 15 is 0 Å². The van der Waals surface area contributed by atoms with Gasteiger partial charge in [0.1, 0.15) is 28.9 Å². The Morgan fingerprint density at radius 2 is 1.71 bits per heavy atom. The molecule has 0 saturated heterocycles. The maximum atomic E-state index is 9.22. The van der Waals surface area contributed by atoms with Crippen LogP contribution in [-0.2, 0) is 0 Å². The summed E-state index contributed by atoms with van der Waals surface area (Å²) < 4.78 is 10.9. The lowest BCUT2D eigenvalue weighted by Crippen LogP contribution is -1.97. The van der Waals surface area contributed by atoms with E-state index in [0.717, 1.165) is 5.69 Å². The van der Waals surface area contributed by atoms with Crippen molar-refractivity contribution in [3.05, 3.63) is 46.8 Å². The first-order valence-electron chi connectivity index (χ1n) is 6.22. The zero-order chi connectivity index (χ0) is 15.4. The number of aryl methyl sites for hydroxylation is 2. The van der Waals surface area contributed by atoms with Crippen molar-refractivity contribution in [2.75, 3.05) is 7.11 Å². The smallest absolute Gasteiger partial charge is 0.148 e. The van der Waals surface area contributed by atoms with Gasteiger partial charge in [0.15, 0.2) is 0 Å². The number of pyridine rings is 1. The van der Waals surface area contributed by atoms with Gasteiger partial charge in [-0.15, -0.1) is 0 Å². The molecule has 21 heavy (non-hydrogen) atoms. The van der Waals surface area contributed by atoms with Crippen LogP contribution in [0.25, 0.3) is 0 Å². The van der Waals surface area contributed by atoms with Crippen molar-refractivity contribution < 1.29 is 9.47 Å². The number of nitrogens with zero attached hydrogens (tertiary/aromatic N) is 3. The van der Waals surface area contributed by atoms with Gasteiger partial charge in [0, 0.05) is 17.8 Å². The van der Waals surface area contributed by atoms with E-state index < -0.39 is 0 Å². The molecule has 0 aliphatic rings. The van der Waals surface area contributed by atoms with Gasteiger partial charge in [-0.2, -0.15) is 10.5 Å². The molecule has 0 spiro atoms. The average Bonchev–Trinajstić information content (AvgIpc) is 2.46. The lowest BCUT2D eigenvalue weighted by Gasteiger charge is -2.11. The molecule has 1 heterocycles. The highest BCUT2D eigenvalue weighted by molar-refractivity contribution is 5.50. The van der Waals surface area contributed by atoms with E-state index in [1.54, 1.807) is 31.2 Å². The average molecular weight is 279 g/mol. The van der Waals surface area contributed by atoms with Crippen molar-refractivity contribution >= 4 is 0 Å². The molecule has 2 rings (SSSR count). The lowest BCUT2D eigenvalue weighted by molar-refractivity contribution is 0.408. The number of nitriles is 2. The highest BCUT2D eigenvalue weighted by atomic mass is 16.5. The number of ether oxygens (including phenoxy) is 2. The second kappa shape index (κ2) is 5.94. The molecule has 0 aliphatic heterocycles. The molecule has 0 aliphatic carbocycles. The van der Waals surface area contributed by atoms with E-state index in [2.05, 4.69) is 11.1 Å². The topological polar surface area (TPSA) is 78.9 Å². The fourth-order valence-corrected chi connectivity index (χ4v) is 1.95. The maximum Gasteiger partial charge on any atom is 0.148 e. The second-order valence-corrected chi connectivity index (χ2v) is 4.45. The first-order valence-corrected chi connectivity index (χ1v) is 6.22. The molecular weight excluding hydrogens is 266 g/mol. The fraction of sp³-hybridized carbons (Fsp3) is 0.188. The van der Waals surface area contributed by atoms with Gasteiger partial charge in [-0.25, -0.2) is 0 Å². The van der Waals surface area contributed by atoms with Crippen LogP contribution in [-0.4, -0.2) is 12.1 Å². The number of rotatable bonds is 3. The van der Waals surface area contributed by atoms with Gasteiger partial charge in [0.2, 0.25) is 0 Å². The zero-order valence-corrected chi connectivity index (χ0v) is 12.0. The van der Waals surface area contributed by atoms with Crippen molar-refractivity contribution in [2.24, 2.45) is 0 Å². The number of benzene rings is 1. The summed E-state index contributed by atoms with van der Waals surface area (Å²) in [6.07, 6.45) is 0. The van der Waals surface area contributed by atoms with E-state index in [1.165, 1.54) is 7.11 Å². The van der Waals surface area contributed by atoms with Gasteiger partial charge in [-0.05, 0) is 26.0 Å². The predicted octanol–water partition coefficient (Wildman–Crippen LogP) is 3.24. The molecule has 1 aromatic heterocycles.